The molecule has 4 atom stereocenters. The van der Waals surface area contributed by atoms with Crippen LogP contribution in [0.2, 0.25) is 0 Å². The van der Waals surface area contributed by atoms with Crippen LogP contribution in [0.5, 0.6) is 0 Å². The van der Waals surface area contributed by atoms with Crippen molar-refractivity contribution in [3.05, 3.63) is 0 Å². The molecule has 0 fully saturated rings. The second-order valence-electron chi connectivity index (χ2n) is 6.49. The molecular weight excluding hydrogens is 448 g/mol. The maximum atomic E-state index is 12.8. The van der Waals surface area contributed by atoms with Gasteiger partial charge in [0.25, 0.3) is 0 Å². The number of amides is 2. The van der Waals surface area contributed by atoms with Crippen molar-refractivity contribution in [3.63, 3.8) is 0 Å². The summed E-state index contributed by atoms with van der Waals surface area (Å²) >= 11 is 1.01. The second kappa shape index (κ2) is 15.3. The lowest BCUT2D eigenvalue weighted by atomic mass is 10.0. The minimum atomic E-state index is -1.84. The molecule has 0 aliphatic heterocycles. The van der Waals surface area contributed by atoms with E-state index in [0.717, 1.165) is 11.8 Å². The molecule has 2 amide bonds. The first kappa shape index (κ1) is 29.5. The van der Waals surface area contributed by atoms with Crippen LogP contribution < -0.4 is 22.1 Å². The van der Waals surface area contributed by atoms with Crippen LogP contribution in [0, 0.1) is 0 Å². The van der Waals surface area contributed by atoms with E-state index in [2.05, 4.69) is 0 Å². The molecule has 32 heavy (non-hydrogen) atoms. The predicted molar refractivity (Wildman–Crippen MR) is 114 cm³/mol. The molecule has 0 spiro atoms. The molecule has 14 heteroatoms. The maximum Gasteiger partial charge on any atom is 0.334 e. The van der Waals surface area contributed by atoms with Crippen molar-refractivity contribution >= 4 is 47.1 Å². The van der Waals surface area contributed by atoms with E-state index in [4.69, 9.17) is 21.3 Å². The summed E-state index contributed by atoms with van der Waals surface area (Å²) in [7, 11) is 0. The van der Waals surface area contributed by atoms with Crippen molar-refractivity contribution in [1.82, 2.24) is 10.6 Å². The van der Waals surface area contributed by atoms with Crippen LogP contribution in [-0.4, -0.2) is 88.0 Å². The highest BCUT2D eigenvalue weighted by Crippen LogP contribution is 2.25. The van der Waals surface area contributed by atoms with Gasteiger partial charge in [0, 0.05) is 13.0 Å². The zero-order valence-electron chi connectivity index (χ0n) is 17.9. The zero-order valence-corrected chi connectivity index (χ0v) is 18.7. The average molecular weight is 479 g/mol. The number of Topliss-reactive ketones (excluding diaryl/α,β-unsaturated/α-hetero) is 2. The maximum absolute atomic E-state index is 12.8. The number of carboxylic acid groups (broad SMARTS) is 2. The van der Waals surface area contributed by atoms with Crippen molar-refractivity contribution in [2.24, 2.45) is 11.5 Å². The zero-order chi connectivity index (χ0) is 24.8. The summed E-state index contributed by atoms with van der Waals surface area (Å²) in [5.74, 6) is -6.41. The number of hydrogen-bond acceptors (Lipinski definition) is 10. The van der Waals surface area contributed by atoms with E-state index in [9.17, 15) is 33.9 Å². The van der Waals surface area contributed by atoms with Crippen LogP contribution >= 0.6 is 11.8 Å². The van der Waals surface area contributed by atoms with E-state index in [-0.39, 0.29) is 19.3 Å². The van der Waals surface area contributed by atoms with Gasteiger partial charge in [0.1, 0.15) is 5.44 Å². The molecule has 0 aromatic rings. The minimum Gasteiger partial charge on any atom is -0.479 e. The van der Waals surface area contributed by atoms with Gasteiger partial charge in [-0.15, -0.1) is 11.8 Å². The average Bonchev–Trinajstić information content (AvgIpc) is 2.73. The summed E-state index contributed by atoms with van der Waals surface area (Å²) in [6.07, 6.45) is -0.297. The smallest absolute Gasteiger partial charge is 0.334 e. The van der Waals surface area contributed by atoms with Crippen LogP contribution in [0.3, 0.4) is 0 Å². The van der Waals surface area contributed by atoms with Crippen molar-refractivity contribution in [3.8, 4) is 0 Å². The molecule has 0 saturated heterocycles. The van der Waals surface area contributed by atoms with Crippen LogP contribution in [0.15, 0.2) is 0 Å². The number of nitrogens with two attached hydrogens (primary N) is 2. The van der Waals surface area contributed by atoms with Gasteiger partial charge in [0.15, 0.2) is 23.7 Å². The van der Waals surface area contributed by atoms with Gasteiger partial charge in [-0.05, 0) is 26.7 Å². The second-order valence-corrected chi connectivity index (χ2v) is 8.00. The fraction of sp³-hybridized carbons (Fsp3) is 0.667. The van der Waals surface area contributed by atoms with Crippen LogP contribution in [-0.2, 0) is 33.5 Å². The Labute approximate surface area is 189 Å². The molecule has 0 heterocycles. The highest BCUT2D eigenvalue weighted by atomic mass is 32.2. The lowest BCUT2D eigenvalue weighted by molar-refractivity contribution is -0.146. The van der Waals surface area contributed by atoms with Crippen LogP contribution in [0.25, 0.3) is 0 Å². The van der Waals surface area contributed by atoms with E-state index in [1.165, 1.54) is 0 Å². The predicted octanol–water partition coefficient (Wildman–Crippen LogP) is -2.16. The number of ketones is 2. The Morgan fingerprint density at radius 3 is 1.88 bits per heavy atom. The third-order valence-electron chi connectivity index (χ3n) is 4.05. The Kier molecular flexibility index (Phi) is 14.1. The van der Waals surface area contributed by atoms with Gasteiger partial charge < -0.3 is 37.1 Å². The highest BCUT2D eigenvalue weighted by molar-refractivity contribution is 8.01. The van der Waals surface area contributed by atoms with Crippen molar-refractivity contribution in [1.29, 1.82) is 0 Å². The van der Waals surface area contributed by atoms with Crippen molar-refractivity contribution in [2.75, 3.05) is 19.7 Å². The van der Waals surface area contributed by atoms with Gasteiger partial charge in [0.05, 0.1) is 18.3 Å². The highest BCUT2D eigenvalue weighted by Gasteiger charge is 2.35. The van der Waals surface area contributed by atoms with Gasteiger partial charge in [-0.1, -0.05) is 0 Å². The number of nitrogens with one attached hydrogen (secondary N) is 2. The molecule has 8 N–H and O–H groups in total. The monoisotopic (exact) mass is 478 g/mol. The Hall–Kier alpha value is -2.55. The number of carbonyl (C=O) groups is 6. The first-order chi connectivity index (χ1) is 15.0. The lowest BCUT2D eigenvalue weighted by Gasteiger charge is -2.23. The van der Waals surface area contributed by atoms with E-state index < -0.39 is 71.2 Å². The summed E-state index contributed by atoms with van der Waals surface area (Å²) in [5.41, 5.74) is 9.77. The number of rotatable bonds is 17. The number of aliphatic carboxylic acids is 2. The Morgan fingerprint density at radius 2 is 1.44 bits per heavy atom. The van der Waals surface area contributed by atoms with Crippen molar-refractivity contribution < 1.29 is 43.7 Å². The number of carbonyl (C=O) groups excluding carboxylic acids is 4. The van der Waals surface area contributed by atoms with Crippen LogP contribution in [0.1, 0.15) is 33.1 Å². The number of ether oxygens (including phenoxy) is 1. The number of hydrogen-bond donors (Lipinski definition) is 6. The van der Waals surface area contributed by atoms with Gasteiger partial charge in [0.2, 0.25) is 11.8 Å². The molecule has 13 nitrogen and oxygen atoms in total. The SMILES string of the molecule is CCOC(C)SC(CCCC(=O)C(NC(=O)CN)C(=O)O)C(=O)C(NC(=O)CN)C(=O)O. The summed E-state index contributed by atoms with van der Waals surface area (Å²) in [6, 6.07) is -3.63. The van der Waals surface area contributed by atoms with Crippen molar-refractivity contribution in [2.45, 2.75) is 55.9 Å². The molecule has 182 valence electrons. The van der Waals surface area contributed by atoms with E-state index in [0.29, 0.717) is 6.61 Å². The van der Waals surface area contributed by atoms with Crippen LogP contribution in [0.4, 0.5) is 0 Å². The molecular formula is C18H30N4O9S. The molecule has 0 aliphatic carbocycles. The third kappa shape index (κ3) is 10.7. The van der Waals surface area contributed by atoms with Gasteiger partial charge in [-0.3, -0.25) is 19.2 Å². The molecule has 0 saturated carbocycles. The summed E-state index contributed by atoms with van der Waals surface area (Å²) in [6.45, 7) is 2.71. The fourth-order valence-corrected chi connectivity index (χ4v) is 3.80. The van der Waals surface area contributed by atoms with E-state index in [1.54, 1.807) is 13.8 Å². The minimum absolute atomic E-state index is 0.00783. The molecule has 0 aliphatic rings. The third-order valence-corrected chi connectivity index (χ3v) is 5.36. The van der Waals surface area contributed by atoms with E-state index in [1.807, 2.05) is 10.6 Å². The number of carboxylic acids is 2. The molecule has 0 bridgehead atoms. The normalized spacial score (nSPS) is 14.5. The standard InChI is InChI=1S/C18H30N4O9S/c1-3-31-9(2)32-11(16(26)15(18(29)30)22-13(25)8-20)6-4-5-10(23)14(17(27)28)21-12(24)7-19/h9,11,14-15H,3-8,19-20H2,1-2H3,(H,21,24)(H,22,25)(H,27,28)(H,29,30). The van der Waals surface area contributed by atoms with Gasteiger partial charge in [-0.2, -0.15) is 0 Å². The first-order valence-electron chi connectivity index (χ1n) is 9.76. The Bertz CT molecular complexity index is 704. The quantitative estimate of drug-likeness (QED) is 0.0969. The summed E-state index contributed by atoms with van der Waals surface area (Å²) in [5, 5.41) is 21.5. The summed E-state index contributed by atoms with van der Waals surface area (Å²) < 4.78 is 5.37. The number of thioether (sulfide) groups is 1. The van der Waals surface area contributed by atoms with Gasteiger partial charge >= 0.3 is 11.9 Å². The summed E-state index contributed by atoms with van der Waals surface area (Å²) in [4.78, 5) is 70.6. The molecule has 0 radical (unpaired) electrons. The fourth-order valence-electron chi connectivity index (χ4n) is 2.55. The Morgan fingerprint density at radius 1 is 0.938 bits per heavy atom. The largest absolute Gasteiger partial charge is 0.479 e. The molecule has 0 aromatic heterocycles. The molecule has 0 aromatic carbocycles. The topological polar surface area (TPSA) is 228 Å². The Balaban J connectivity index is 5.33. The van der Waals surface area contributed by atoms with E-state index >= 15 is 0 Å². The van der Waals surface area contributed by atoms with Gasteiger partial charge in [-0.25, -0.2) is 9.59 Å². The molecule has 0 rings (SSSR count). The first-order valence-corrected chi connectivity index (χ1v) is 10.7. The molecule has 4 unspecified atom stereocenters. The lowest BCUT2D eigenvalue weighted by Crippen LogP contribution is -2.51.